The molecule has 3 rings (SSSR count). The Bertz CT molecular complexity index is 748. The standard InChI is InChI=1S/C15H14N4OS/c1-19-8-7-13(18-19)17-14(20)15-16-10-12(21-15)9-11-5-3-2-4-6-11/h2-8,10H,9H2,1H3,(H,17,18,20). The molecule has 0 spiro atoms. The summed E-state index contributed by atoms with van der Waals surface area (Å²) in [4.78, 5) is 17.3. The summed E-state index contributed by atoms with van der Waals surface area (Å²) in [5.41, 5.74) is 1.21. The van der Waals surface area contributed by atoms with Crippen LogP contribution in [0, 0.1) is 0 Å². The van der Waals surface area contributed by atoms with Gasteiger partial charge in [-0.2, -0.15) is 5.10 Å². The first-order valence-corrected chi connectivity index (χ1v) is 7.32. The minimum atomic E-state index is -0.224. The Hall–Kier alpha value is -2.47. The van der Waals surface area contributed by atoms with Crippen LogP contribution in [0.25, 0.3) is 0 Å². The van der Waals surface area contributed by atoms with Crippen LogP contribution < -0.4 is 5.32 Å². The maximum Gasteiger partial charge on any atom is 0.285 e. The third-order valence-corrected chi connectivity index (χ3v) is 3.92. The molecule has 0 saturated carbocycles. The predicted octanol–water partition coefficient (Wildman–Crippen LogP) is 2.72. The second-order valence-electron chi connectivity index (χ2n) is 4.62. The van der Waals surface area contributed by atoms with Crippen LogP contribution in [0.15, 0.2) is 48.8 Å². The van der Waals surface area contributed by atoms with Crippen molar-refractivity contribution in [3.63, 3.8) is 0 Å². The third-order valence-electron chi connectivity index (χ3n) is 2.92. The van der Waals surface area contributed by atoms with Crippen LogP contribution in [0.5, 0.6) is 0 Å². The fourth-order valence-electron chi connectivity index (χ4n) is 1.94. The van der Waals surface area contributed by atoms with E-state index in [2.05, 4.69) is 27.5 Å². The molecule has 21 heavy (non-hydrogen) atoms. The van der Waals surface area contributed by atoms with Crippen LogP contribution in [0.2, 0.25) is 0 Å². The van der Waals surface area contributed by atoms with Crippen molar-refractivity contribution in [1.29, 1.82) is 0 Å². The Morgan fingerprint density at radius 3 is 2.81 bits per heavy atom. The summed E-state index contributed by atoms with van der Waals surface area (Å²) in [6.07, 6.45) is 4.32. The van der Waals surface area contributed by atoms with Crippen molar-refractivity contribution in [2.45, 2.75) is 6.42 Å². The summed E-state index contributed by atoms with van der Waals surface area (Å²) in [7, 11) is 1.80. The largest absolute Gasteiger partial charge is 0.303 e. The molecule has 2 aromatic heterocycles. The summed E-state index contributed by atoms with van der Waals surface area (Å²) in [6.45, 7) is 0. The molecule has 0 radical (unpaired) electrons. The molecule has 0 aliphatic carbocycles. The van der Waals surface area contributed by atoms with E-state index in [1.54, 1.807) is 30.2 Å². The van der Waals surface area contributed by atoms with Gasteiger partial charge in [0.25, 0.3) is 5.91 Å². The zero-order chi connectivity index (χ0) is 14.7. The van der Waals surface area contributed by atoms with Crippen LogP contribution in [-0.2, 0) is 13.5 Å². The third kappa shape index (κ3) is 3.35. The van der Waals surface area contributed by atoms with Gasteiger partial charge in [0.2, 0.25) is 0 Å². The first-order chi connectivity index (χ1) is 10.2. The van der Waals surface area contributed by atoms with E-state index in [0.29, 0.717) is 10.8 Å². The van der Waals surface area contributed by atoms with Crippen LogP contribution in [0.1, 0.15) is 20.2 Å². The monoisotopic (exact) mass is 298 g/mol. The normalized spacial score (nSPS) is 10.5. The van der Waals surface area contributed by atoms with Gasteiger partial charge >= 0.3 is 0 Å². The minimum Gasteiger partial charge on any atom is -0.303 e. The smallest absolute Gasteiger partial charge is 0.285 e. The molecule has 1 N–H and O–H groups in total. The van der Waals surface area contributed by atoms with Gasteiger partial charge in [-0.3, -0.25) is 9.48 Å². The number of nitrogens with zero attached hydrogens (tertiary/aromatic N) is 3. The van der Waals surface area contributed by atoms with Crippen LogP contribution in [-0.4, -0.2) is 20.7 Å². The molecule has 0 atom stereocenters. The van der Waals surface area contributed by atoms with E-state index in [4.69, 9.17) is 0 Å². The number of carbonyl (C=O) groups is 1. The highest BCUT2D eigenvalue weighted by Gasteiger charge is 2.12. The lowest BCUT2D eigenvalue weighted by atomic mass is 10.1. The Kier molecular flexibility index (Phi) is 3.79. The maximum atomic E-state index is 12.1. The number of carbonyl (C=O) groups excluding carboxylic acids is 1. The van der Waals surface area contributed by atoms with Gasteiger partial charge in [-0.1, -0.05) is 30.3 Å². The van der Waals surface area contributed by atoms with E-state index in [-0.39, 0.29) is 5.91 Å². The number of hydrogen-bond donors (Lipinski definition) is 1. The van der Waals surface area contributed by atoms with Gasteiger partial charge in [-0.15, -0.1) is 11.3 Å². The van der Waals surface area contributed by atoms with E-state index >= 15 is 0 Å². The van der Waals surface area contributed by atoms with Gasteiger partial charge in [-0.25, -0.2) is 4.98 Å². The molecule has 0 fully saturated rings. The molecule has 0 saturated heterocycles. The maximum absolute atomic E-state index is 12.1. The molecule has 6 heteroatoms. The Morgan fingerprint density at radius 2 is 2.10 bits per heavy atom. The number of hydrogen-bond acceptors (Lipinski definition) is 4. The molecule has 0 aliphatic rings. The molecule has 0 bridgehead atoms. The predicted molar refractivity (Wildman–Crippen MR) is 82.5 cm³/mol. The quantitative estimate of drug-likeness (QED) is 0.805. The average molecular weight is 298 g/mol. The summed E-state index contributed by atoms with van der Waals surface area (Å²) < 4.78 is 1.64. The number of nitrogens with one attached hydrogen (secondary N) is 1. The van der Waals surface area contributed by atoms with Gasteiger partial charge in [-0.05, 0) is 5.56 Å². The van der Waals surface area contributed by atoms with E-state index in [0.717, 1.165) is 11.3 Å². The Labute approximate surface area is 126 Å². The molecule has 5 nitrogen and oxygen atoms in total. The topological polar surface area (TPSA) is 59.8 Å². The fourth-order valence-corrected chi connectivity index (χ4v) is 2.78. The average Bonchev–Trinajstić information content (AvgIpc) is 3.09. The minimum absolute atomic E-state index is 0.224. The number of benzene rings is 1. The summed E-state index contributed by atoms with van der Waals surface area (Å²) in [6, 6.07) is 11.9. The van der Waals surface area contributed by atoms with Gasteiger partial charge in [0.15, 0.2) is 10.8 Å². The van der Waals surface area contributed by atoms with Crippen LogP contribution in [0.3, 0.4) is 0 Å². The molecular weight excluding hydrogens is 284 g/mol. The Morgan fingerprint density at radius 1 is 1.29 bits per heavy atom. The second kappa shape index (κ2) is 5.88. The molecule has 1 amide bonds. The molecule has 1 aromatic carbocycles. The molecular formula is C15H14N4OS. The van der Waals surface area contributed by atoms with Crippen molar-refractivity contribution in [3.8, 4) is 0 Å². The molecule has 0 aliphatic heterocycles. The highest BCUT2D eigenvalue weighted by molar-refractivity contribution is 7.13. The van der Waals surface area contributed by atoms with Crippen molar-refractivity contribution < 1.29 is 4.79 Å². The summed E-state index contributed by atoms with van der Waals surface area (Å²) in [5.74, 6) is 0.306. The SMILES string of the molecule is Cn1ccc(NC(=O)c2ncc(Cc3ccccc3)s2)n1. The van der Waals surface area contributed by atoms with Gasteiger partial charge < -0.3 is 5.32 Å². The number of amides is 1. The summed E-state index contributed by atoms with van der Waals surface area (Å²) in [5, 5.41) is 7.30. The molecule has 0 unspecified atom stereocenters. The molecule has 3 aromatic rings. The van der Waals surface area contributed by atoms with Crippen LogP contribution in [0.4, 0.5) is 5.82 Å². The van der Waals surface area contributed by atoms with Crippen molar-refractivity contribution in [3.05, 3.63) is 64.2 Å². The molecule has 2 heterocycles. The fraction of sp³-hybridized carbons (Fsp3) is 0.133. The first kappa shape index (κ1) is 13.5. The highest BCUT2D eigenvalue weighted by atomic mass is 32.1. The van der Waals surface area contributed by atoms with E-state index in [1.165, 1.54) is 16.9 Å². The zero-order valence-corrected chi connectivity index (χ0v) is 12.3. The highest BCUT2D eigenvalue weighted by Crippen LogP contribution is 2.18. The van der Waals surface area contributed by atoms with E-state index in [1.807, 2.05) is 18.2 Å². The lowest BCUT2D eigenvalue weighted by molar-refractivity contribution is 0.102. The number of thiazole rings is 1. The number of rotatable bonds is 4. The second-order valence-corrected chi connectivity index (χ2v) is 5.74. The van der Waals surface area contributed by atoms with Gasteiger partial charge in [0, 0.05) is 36.8 Å². The Balaban J connectivity index is 1.68. The van der Waals surface area contributed by atoms with Crippen molar-refractivity contribution in [2.75, 3.05) is 5.32 Å². The van der Waals surface area contributed by atoms with Gasteiger partial charge in [0.05, 0.1) is 0 Å². The van der Waals surface area contributed by atoms with E-state index < -0.39 is 0 Å². The zero-order valence-electron chi connectivity index (χ0n) is 11.5. The number of aromatic nitrogens is 3. The molecule has 106 valence electrons. The van der Waals surface area contributed by atoms with Gasteiger partial charge in [0.1, 0.15) is 0 Å². The first-order valence-electron chi connectivity index (χ1n) is 6.50. The number of aryl methyl sites for hydroxylation is 1. The summed E-state index contributed by atoms with van der Waals surface area (Å²) >= 11 is 1.40. The van der Waals surface area contributed by atoms with Crippen molar-refractivity contribution in [1.82, 2.24) is 14.8 Å². The lowest BCUT2D eigenvalue weighted by Gasteiger charge is -1.98. The lowest BCUT2D eigenvalue weighted by Crippen LogP contribution is -2.12. The van der Waals surface area contributed by atoms with Crippen LogP contribution >= 0.6 is 11.3 Å². The number of anilines is 1. The van der Waals surface area contributed by atoms with E-state index in [9.17, 15) is 4.79 Å². The van der Waals surface area contributed by atoms with Crippen molar-refractivity contribution in [2.24, 2.45) is 7.05 Å². The van der Waals surface area contributed by atoms with Crippen molar-refractivity contribution >= 4 is 23.1 Å².